The average Bonchev–Trinajstić information content (AvgIpc) is 2.48. The number of rotatable bonds is 5. The minimum Gasteiger partial charge on any atom is -0.378 e. The van der Waals surface area contributed by atoms with Crippen molar-refractivity contribution in [1.82, 2.24) is 0 Å². The van der Waals surface area contributed by atoms with Crippen molar-refractivity contribution >= 4 is 17.3 Å². The number of amides is 1. The maximum Gasteiger partial charge on any atom is 0.241 e. The van der Waals surface area contributed by atoms with Crippen molar-refractivity contribution in [2.75, 3.05) is 24.3 Å². The van der Waals surface area contributed by atoms with E-state index in [9.17, 15) is 4.79 Å². The van der Waals surface area contributed by atoms with Crippen LogP contribution in [0.3, 0.4) is 0 Å². The van der Waals surface area contributed by atoms with E-state index in [1.165, 1.54) is 0 Å². The van der Waals surface area contributed by atoms with Gasteiger partial charge in [-0.3, -0.25) is 4.79 Å². The molecule has 2 aromatic rings. The highest BCUT2D eigenvalue weighted by atomic mass is 16.2. The van der Waals surface area contributed by atoms with Crippen LogP contribution in [0.15, 0.2) is 54.6 Å². The molecule has 2 aromatic carbocycles. The first-order chi connectivity index (χ1) is 10.1. The van der Waals surface area contributed by atoms with Crippen molar-refractivity contribution in [3.63, 3.8) is 0 Å². The lowest BCUT2D eigenvalue weighted by molar-refractivity contribution is -0.117. The highest BCUT2D eigenvalue weighted by Crippen LogP contribution is 2.17. The standard InChI is InChI=1S/C17H21N3O/c1-20(2)15-10-6-9-14(12-15)19-17(21)16(18)11-13-7-4-3-5-8-13/h3-10,12,16H,11,18H2,1-2H3,(H,19,21)/t16-/m0/s1. The zero-order chi connectivity index (χ0) is 15.2. The molecule has 1 atom stereocenters. The van der Waals surface area contributed by atoms with Crippen molar-refractivity contribution in [2.24, 2.45) is 5.73 Å². The van der Waals surface area contributed by atoms with E-state index < -0.39 is 6.04 Å². The molecule has 4 nitrogen and oxygen atoms in total. The normalized spacial score (nSPS) is 11.8. The van der Waals surface area contributed by atoms with Crippen molar-refractivity contribution in [1.29, 1.82) is 0 Å². The second-order valence-corrected chi connectivity index (χ2v) is 5.23. The summed E-state index contributed by atoms with van der Waals surface area (Å²) in [5.41, 5.74) is 8.82. The third-order valence-corrected chi connectivity index (χ3v) is 3.27. The highest BCUT2D eigenvalue weighted by molar-refractivity contribution is 5.95. The number of anilines is 2. The number of nitrogens with two attached hydrogens (primary N) is 1. The van der Waals surface area contributed by atoms with E-state index in [0.29, 0.717) is 6.42 Å². The Morgan fingerprint density at radius 2 is 1.86 bits per heavy atom. The van der Waals surface area contributed by atoms with Gasteiger partial charge < -0.3 is 16.0 Å². The van der Waals surface area contributed by atoms with Gasteiger partial charge in [0.1, 0.15) is 0 Å². The summed E-state index contributed by atoms with van der Waals surface area (Å²) in [5, 5.41) is 2.87. The molecule has 0 unspecified atom stereocenters. The molecule has 2 rings (SSSR count). The number of carbonyl (C=O) groups is 1. The molecular weight excluding hydrogens is 262 g/mol. The quantitative estimate of drug-likeness (QED) is 0.885. The molecular formula is C17H21N3O. The van der Waals surface area contributed by atoms with Gasteiger partial charge in [-0.15, -0.1) is 0 Å². The Balaban J connectivity index is 1.99. The summed E-state index contributed by atoms with van der Waals surface area (Å²) < 4.78 is 0. The van der Waals surface area contributed by atoms with Gasteiger partial charge in [0.2, 0.25) is 5.91 Å². The maximum atomic E-state index is 12.1. The van der Waals surface area contributed by atoms with Gasteiger partial charge in [0.15, 0.2) is 0 Å². The van der Waals surface area contributed by atoms with Crippen molar-refractivity contribution < 1.29 is 4.79 Å². The van der Waals surface area contributed by atoms with E-state index in [0.717, 1.165) is 16.9 Å². The lowest BCUT2D eigenvalue weighted by atomic mass is 10.1. The fraction of sp³-hybridized carbons (Fsp3) is 0.235. The molecule has 4 heteroatoms. The monoisotopic (exact) mass is 283 g/mol. The summed E-state index contributed by atoms with van der Waals surface area (Å²) in [6.07, 6.45) is 0.528. The molecule has 0 saturated heterocycles. The van der Waals surface area contributed by atoms with Gasteiger partial charge in [-0.25, -0.2) is 0 Å². The fourth-order valence-electron chi connectivity index (χ4n) is 2.06. The SMILES string of the molecule is CN(C)c1cccc(NC(=O)[C@@H](N)Cc2ccccc2)c1. The largest absolute Gasteiger partial charge is 0.378 e. The average molecular weight is 283 g/mol. The fourth-order valence-corrected chi connectivity index (χ4v) is 2.06. The second-order valence-electron chi connectivity index (χ2n) is 5.23. The summed E-state index contributed by atoms with van der Waals surface area (Å²) in [6, 6.07) is 16.9. The molecule has 110 valence electrons. The topological polar surface area (TPSA) is 58.4 Å². The van der Waals surface area contributed by atoms with Crippen molar-refractivity contribution in [2.45, 2.75) is 12.5 Å². The van der Waals surface area contributed by atoms with Gasteiger partial charge in [-0.05, 0) is 30.2 Å². The third-order valence-electron chi connectivity index (χ3n) is 3.27. The Morgan fingerprint density at radius 1 is 1.14 bits per heavy atom. The second kappa shape index (κ2) is 6.90. The van der Waals surface area contributed by atoms with Crippen molar-refractivity contribution in [3.8, 4) is 0 Å². The predicted octanol–water partition coefficient (Wildman–Crippen LogP) is 2.26. The number of benzene rings is 2. The molecule has 0 aromatic heterocycles. The van der Waals surface area contributed by atoms with Gasteiger partial charge >= 0.3 is 0 Å². The maximum absolute atomic E-state index is 12.1. The number of carbonyl (C=O) groups excluding carboxylic acids is 1. The van der Waals surface area contributed by atoms with E-state index in [1.54, 1.807) is 0 Å². The molecule has 0 aliphatic heterocycles. The minimum atomic E-state index is -0.560. The van der Waals surface area contributed by atoms with E-state index >= 15 is 0 Å². The van der Waals surface area contributed by atoms with Gasteiger partial charge in [0, 0.05) is 25.5 Å². The van der Waals surface area contributed by atoms with Crippen LogP contribution in [0.5, 0.6) is 0 Å². The zero-order valence-electron chi connectivity index (χ0n) is 12.4. The Bertz CT molecular complexity index is 596. The molecule has 0 fully saturated rings. The Kier molecular flexibility index (Phi) is 4.95. The van der Waals surface area contributed by atoms with Crippen LogP contribution in [-0.4, -0.2) is 26.0 Å². The highest BCUT2D eigenvalue weighted by Gasteiger charge is 2.14. The van der Waals surface area contributed by atoms with E-state index in [2.05, 4.69) is 5.32 Å². The molecule has 0 radical (unpaired) electrons. The predicted molar refractivity (Wildman–Crippen MR) is 87.5 cm³/mol. The molecule has 0 spiro atoms. The van der Waals surface area contributed by atoms with Gasteiger partial charge in [0.25, 0.3) is 0 Å². The molecule has 1 amide bonds. The smallest absolute Gasteiger partial charge is 0.241 e. The van der Waals surface area contributed by atoms with Gasteiger partial charge in [0.05, 0.1) is 6.04 Å². The third kappa shape index (κ3) is 4.33. The molecule has 0 saturated carbocycles. The molecule has 3 N–H and O–H groups in total. The molecule has 0 heterocycles. The van der Waals surface area contributed by atoms with Crippen molar-refractivity contribution in [3.05, 3.63) is 60.2 Å². The summed E-state index contributed by atoms with van der Waals surface area (Å²) >= 11 is 0. The Labute approximate surface area is 125 Å². The van der Waals surface area contributed by atoms with Crippen LogP contribution in [0.4, 0.5) is 11.4 Å². The number of hydrogen-bond acceptors (Lipinski definition) is 3. The van der Waals surface area contributed by atoms with Crippen LogP contribution in [0.2, 0.25) is 0 Å². The first-order valence-electron chi connectivity index (χ1n) is 6.94. The lowest BCUT2D eigenvalue weighted by Gasteiger charge is -2.16. The Morgan fingerprint density at radius 3 is 2.52 bits per heavy atom. The van der Waals surface area contributed by atoms with Crippen LogP contribution in [0, 0.1) is 0 Å². The van der Waals surface area contributed by atoms with Crippen LogP contribution < -0.4 is 16.0 Å². The van der Waals surface area contributed by atoms with Gasteiger partial charge in [-0.2, -0.15) is 0 Å². The molecule has 0 aliphatic rings. The van der Waals surface area contributed by atoms with Crippen LogP contribution in [0.1, 0.15) is 5.56 Å². The molecule has 0 bridgehead atoms. The summed E-state index contributed by atoms with van der Waals surface area (Å²) in [5.74, 6) is -0.172. The minimum absolute atomic E-state index is 0.172. The first kappa shape index (κ1) is 15.1. The number of nitrogens with zero attached hydrogens (tertiary/aromatic N) is 1. The van der Waals surface area contributed by atoms with Crippen LogP contribution in [-0.2, 0) is 11.2 Å². The number of nitrogens with one attached hydrogen (secondary N) is 1. The lowest BCUT2D eigenvalue weighted by Crippen LogP contribution is -2.37. The summed E-state index contributed by atoms with van der Waals surface area (Å²) in [4.78, 5) is 14.1. The summed E-state index contributed by atoms with van der Waals surface area (Å²) in [6.45, 7) is 0. The van der Waals surface area contributed by atoms with Crippen LogP contribution in [0.25, 0.3) is 0 Å². The Hall–Kier alpha value is -2.33. The molecule has 0 aliphatic carbocycles. The summed E-state index contributed by atoms with van der Waals surface area (Å²) in [7, 11) is 3.92. The van der Waals surface area contributed by atoms with Gasteiger partial charge in [-0.1, -0.05) is 36.4 Å². The zero-order valence-corrected chi connectivity index (χ0v) is 12.4. The van der Waals surface area contributed by atoms with E-state index in [-0.39, 0.29) is 5.91 Å². The van der Waals surface area contributed by atoms with E-state index in [1.807, 2.05) is 73.6 Å². The number of hydrogen-bond donors (Lipinski definition) is 2. The molecule has 21 heavy (non-hydrogen) atoms. The van der Waals surface area contributed by atoms with E-state index in [4.69, 9.17) is 5.73 Å². The van der Waals surface area contributed by atoms with Crippen LogP contribution >= 0.6 is 0 Å². The first-order valence-corrected chi connectivity index (χ1v) is 6.94.